The predicted octanol–water partition coefficient (Wildman–Crippen LogP) is 5.62. The van der Waals surface area contributed by atoms with E-state index in [1.165, 1.54) is 36.6 Å². The van der Waals surface area contributed by atoms with Gasteiger partial charge in [0.05, 0.1) is 30.2 Å². The van der Waals surface area contributed by atoms with E-state index in [1.807, 2.05) is 24.3 Å². The fourth-order valence-electron chi connectivity index (χ4n) is 4.60. The summed E-state index contributed by atoms with van der Waals surface area (Å²) < 4.78 is 39.2. The number of nitrogens with zero attached hydrogens (tertiary/aromatic N) is 3. The maximum atomic E-state index is 13.1. The van der Waals surface area contributed by atoms with Crippen molar-refractivity contribution in [2.24, 2.45) is 5.41 Å². The third-order valence-electron chi connectivity index (χ3n) is 6.78. The van der Waals surface area contributed by atoms with Gasteiger partial charge in [-0.3, -0.25) is 9.48 Å². The highest BCUT2D eigenvalue weighted by Crippen LogP contribution is 2.54. The molecule has 1 aliphatic heterocycles. The van der Waals surface area contributed by atoms with E-state index in [0.29, 0.717) is 22.2 Å². The first-order valence-electron chi connectivity index (χ1n) is 11.0. The molecular weight excluding hydrogens is 417 g/mol. The van der Waals surface area contributed by atoms with Gasteiger partial charge in [-0.2, -0.15) is 18.3 Å². The van der Waals surface area contributed by atoms with Crippen LogP contribution >= 0.6 is 0 Å². The van der Waals surface area contributed by atoms with Crippen molar-refractivity contribution < 1.29 is 18.0 Å². The van der Waals surface area contributed by atoms with Gasteiger partial charge in [-0.1, -0.05) is 12.1 Å². The van der Waals surface area contributed by atoms with Gasteiger partial charge in [0, 0.05) is 29.9 Å². The summed E-state index contributed by atoms with van der Waals surface area (Å²) in [4.78, 5) is 15.4. The highest BCUT2D eigenvalue weighted by molar-refractivity contribution is 6.08. The van der Waals surface area contributed by atoms with Crippen molar-refractivity contribution in [3.8, 4) is 0 Å². The Bertz CT molecular complexity index is 1140. The lowest BCUT2D eigenvalue weighted by Crippen LogP contribution is -2.35. The topological polar surface area (TPSA) is 50.2 Å². The molecule has 1 amide bonds. The van der Waals surface area contributed by atoms with Gasteiger partial charge < -0.3 is 10.2 Å². The molecule has 2 aromatic carbocycles. The van der Waals surface area contributed by atoms with Crippen LogP contribution in [-0.2, 0) is 6.54 Å². The number of carbonyl (C=O) groups is 1. The average Bonchev–Trinajstić information content (AvgIpc) is 3.40. The van der Waals surface area contributed by atoms with Crippen LogP contribution in [-0.4, -0.2) is 35.0 Å². The van der Waals surface area contributed by atoms with E-state index in [0.717, 1.165) is 24.2 Å². The average molecular weight is 442 g/mol. The fraction of sp³-hybridized carbons (Fsp3) is 0.417. The Labute approximate surface area is 184 Å². The Kier molecular flexibility index (Phi) is 5.10. The third-order valence-corrected chi connectivity index (χ3v) is 6.78. The maximum absolute atomic E-state index is 13.1. The molecule has 0 atom stereocenters. The number of halogens is 3. The van der Waals surface area contributed by atoms with Crippen LogP contribution in [0, 0.1) is 5.41 Å². The van der Waals surface area contributed by atoms with Crippen LogP contribution in [0.3, 0.4) is 0 Å². The highest BCUT2D eigenvalue weighted by Gasteiger charge is 2.44. The molecule has 2 heterocycles. The van der Waals surface area contributed by atoms with Crippen molar-refractivity contribution >= 4 is 28.2 Å². The van der Waals surface area contributed by atoms with E-state index in [2.05, 4.69) is 15.3 Å². The summed E-state index contributed by atoms with van der Waals surface area (Å²) >= 11 is 0. The molecule has 5 rings (SSSR count). The summed E-state index contributed by atoms with van der Waals surface area (Å²) in [5, 5.41) is 7.71. The zero-order valence-corrected chi connectivity index (χ0v) is 17.7. The van der Waals surface area contributed by atoms with Crippen LogP contribution in [0.2, 0.25) is 0 Å². The number of para-hydroxylation sites is 1. The van der Waals surface area contributed by atoms with E-state index in [-0.39, 0.29) is 12.5 Å². The molecule has 168 valence electrons. The highest BCUT2D eigenvalue weighted by atomic mass is 19.4. The van der Waals surface area contributed by atoms with Crippen molar-refractivity contribution in [1.29, 1.82) is 0 Å². The number of benzene rings is 2. The first-order chi connectivity index (χ1) is 15.3. The minimum absolute atomic E-state index is 0.229. The van der Waals surface area contributed by atoms with Crippen LogP contribution in [0.1, 0.15) is 42.5 Å². The first kappa shape index (κ1) is 20.8. The number of anilines is 2. The largest absolute Gasteiger partial charge is 0.390 e. The van der Waals surface area contributed by atoms with E-state index >= 15 is 0 Å². The lowest BCUT2D eigenvalue weighted by atomic mass is 9.93. The number of alkyl halides is 3. The van der Waals surface area contributed by atoms with Gasteiger partial charge in [0.2, 0.25) is 0 Å². The number of piperidine rings is 1. The minimum atomic E-state index is -4.25. The van der Waals surface area contributed by atoms with E-state index in [9.17, 15) is 18.0 Å². The van der Waals surface area contributed by atoms with Gasteiger partial charge >= 0.3 is 6.18 Å². The molecular formula is C24H25F3N4O. The SMILES string of the molecule is O=C(Nc1ccc2cnn(CCC(F)(F)F)c2c1)c1ccccc1N1CCC2(CC1)CC2. The summed E-state index contributed by atoms with van der Waals surface area (Å²) in [5.74, 6) is -0.229. The maximum Gasteiger partial charge on any atom is 0.390 e. The van der Waals surface area contributed by atoms with Crippen molar-refractivity contribution in [2.45, 2.75) is 44.8 Å². The first-order valence-corrected chi connectivity index (χ1v) is 11.0. The fourth-order valence-corrected chi connectivity index (χ4v) is 4.60. The van der Waals surface area contributed by atoms with Crippen LogP contribution in [0.4, 0.5) is 24.5 Å². The van der Waals surface area contributed by atoms with Gasteiger partial charge in [-0.05, 0) is 61.4 Å². The molecule has 5 nitrogen and oxygen atoms in total. The number of aryl methyl sites for hydroxylation is 1. The van der Waals surface area contributed by atoms with Crippen molar-refractivity contribution in [2.75, 3.05) is 23.3 Å². The number of rotatable bonds is 5. The molecule has 2 fully saturated rings. The summed E-state index contributed by atoms with van der Waals surface area (Å²) in [7, 11) is 0. The molecule has 8 heteroatoms. The quantitative estimate of drug-likeness (QED) is 0.558. The number of carbonyl (C=O) groups excluding carboxylic acids is 1. The number of hydrogen-bond donors (Lipinski definition) is 1. The zero-order chi connectivity index (χ0) is 22.3. The lowest BCUT2D eigenvalue weighted by molar-refractivity contribution is -0.137. The molecule has 1 aliphatic carbocycles. The zero-order valence-electron chi connectivity index (χ0n) is 17.7. The molecule has 0 bridgehead atoms. The molecule has 0 unspecified atom stereocenters. The van der Waals surface area contributed by atoms with Crippen LogP contribution in [0.5, 0.6) is 0 Å². The van der Waals surface area contributed by atoms with E-state index < -0.39 is 12.6 Å². The van der Waals surface area contributed by atoms with Crippen molar-refractivity contribution in [3.05, 3.63) is 54.2 Å². The molecule has 1 saturated heterocycles. The van der Waals surface area contributed by atoms with Crippen LogP contribution in [0.15, 0.2) is 48.7 Å². The van der Waals surface area contributed by atoms with E-state index in [4.69, 9.17) is 0 Å². The Morgan fingerprint density at radius 2 is 1.81 bits per heavy atom. The van der Waals surface area contributed by atoms with Crippen molar-refractivity contribution in [3.63, 3.8) is 0 Å². The second-order valence-electron chi connectivity index (χ2n) is 8.96. The Morgan fingerprint density at radius 1 is 1.06 bits per heavy atom. The Morgan fingerprint density at radius 3 is 2.53 bits per heavy atom. The summed E-state index contributed by atoms with van der Waals surface area (Å²) in [6.45, 7) is 1.65. The molecule has 0 radical (unpaired) electrons. The number of aromatic nitrogens is 2. The second kappa shape index (κ2) is 7.83. The monoisotopic (exact) mass is 442 g/mol. The molecule has 1 saturated carbocycles. The van der Waals surface area contributed by atoms with Gasteiger partial charge in [0.25, 0.3) is 5.91 Å². The standard InChI is InChI=1S/C24H25F3N4O/c25-24(26,27)11-14-31-21-15-18(6-5-17(21)16-28-31)29-22(32)19-3-1-2-4-20(19)30-12-9-23(7-8-23)10-13-30/h1-6,15-16H,7-14H2,(H,29,32). The normalized spacial score (nSPS) is 17.7. The predicted molar refractivity (Wildman–Crippen MR) is 118 cm³/mol. The summed E-state index contributed by atoms with van der Waals surface area (Å²) in [5.41, 5.74) is 3.17. The minimum Gasteiger partial charge on any atom is -0.371 e. The second-order valence-corrected chi connectivity index (χ2v) is 8.96. The van der Waals surface area contributed by atoms with Crippen molar-refractivity contribution in [1.82, 2.24) is 9.78 Å². The van der Waals surface area contributed by atoms with Crippen LogP contribution in [0.25, 0.3) is 10.9 Å². The third kappa shape index (κ3) is 4.31. The van der Waals surface area contributed by atoms with Gasteiger partial charge in [0.15, 0.2) is 0 Å². The van der Waals surface area contributed by atoms with Gasteiger partial charge in [-0.25, -0.2) is 0 Å². The van der Waals surface area contributed by atoms with Gasteiger partial charge in [0.1, 0.15) is 0 Å². The van der Waals surface area contributed by atoms with Crippen LogP contribution < -0.4 is 10.2 Å². The van der Waals surface area contributed by atoms with E-state index in [1.54, 1.807) is 18.2 Å². The number of fused-ring (bicyclic) bond motifs is 1. The molecule has 1 spiro atoms. The molecule has 3 aromatic rings. The molecule has 32 heavy (non-hydrogen) atoms. The smallest absolute Gasteiger partial charge is 0.371 e. The number of nitrogens with one attached hydrogen (secondary N) is 1. The Balaban J connectivity index is 1.34. The Hall–Kier alpha value is -3.03. The summed E-state index contributed by atoms with van der Waals surface area (Å²) in [6.07, 6.45) is 1.32. The molecule has 1 aromatic heterocycles. The van der Waals surface area contributed by atoms with Gasteiger partial charge in [-0.15, -0.1) is 0 Å². The molecule has 1 N–H and O–H groups in total. The number of hydrogen-bond acceptors (Lipinski definition) is 3. The number of amides is 1. The lowest BCUT2D eigenvalue weighted by Gasteiger charge is -2.34. The summed E-state index contributed by atoms with van der Waals surface area (Å²) in [6, 6.07) is 12.8. The molecule has 2 aliphatic rings.